The van der Waals surface area contributed by atoms with Gasteiger partial charge in [0.1, 0.15) is 15.9 Å². The van der Waals surface area contributed by atoms with Crippen molar-refractivity contribution >= 4 is 33.3 Å². The van der Waals surface area contributed by atoms with E-state index in [2.05, 4.69) is 16.8 Å². The number of thiophene rings is 1. The van der Waals surface area contributed by atoms with E-state index < -0.39 is 0 Å². The summed E-state index contributed by atoms with van der Waals surface area (Å²) in [5.41, 5.74) is 1.17. The van der Waals surface area contributed by atoms with E-state index in [0.29, 0.717) is 26.9 Å². The molecule has 28 heavy (non-hydrogen) atoms. The summed E-state index contributed by atoms with van der Waals surface area (Å²) >= 11 is 2.71. The number of fused-ring (bicyclic) bond motifs is 1. The van der Waals surface area contributed by atoms with Crippen molar-refractivity contribution in [3.05, 3.63) is 77.2 Å². The first-order valence-electron chi connectivity index (χ1n) is 8.32. The number of rotatable bonds is 5. The van der Waals surface area contributed by atoms with Gasteiger partial charge in [-0.15, -0.1) is 28.1 Å². The van der Waals surface area contributed by atoms with Crippen molar-refractivity contribution in [2.45, 2.75) is 16.7 Å². The van der Waals surface area contributed by atoms with Crippen LogP contribution in [0.25, 0.3) is 20.7 Å². The van der Waals surface area contributed by atoms with Gasteiger partial charge in [-0.25, -0.2) is 4.98 Å². The van der Waals surface area contributed by atoms with Crippen molar-refractivity contribution in [1.29, 1.82) is 5.26 Å². The molecule has 0 bridgehead atoms. The summed E-state index contributed by atoms with van der Waals surface area (Å²) in [6.45, 7) is 4.08. The van der Waals surface area contributed by atoms with Gasteiger partial charge in [-0.1, -0.05) is 36.4 Å². The van der Waals surface area contributed by atoms with E-state index in [9.17, 15) is 4.79 Å². The van der Waals surface area contributed by atoms with Gasteiger partial charge in [0.25, 0.3) is 5.56 Å². The third-order valence-corrected chi connectivity index (χ3v) is 5.94. The second kappa shape index (κ2) is 7.76. The summed E-state index contributed by atoms with van der Waals surface area (Å²) in [7, 11) is 0. The molecular weight excluding hydrogens is 390 g/mol. The van der Waals surface area contributed by atoms with Gasteiger partial charge in [-0.3, -0.25) is 9.36 Å². The Hall–Kier alpha value is -3.28. The second-order valence-electron chi connectivity index (χ2n) is 5.76. The van der Waals surface area contributed by atoms with E-state index in [4.69, 9.17) is 10.2 Å². The first-order valence-corrected chi connectivity index (χ1v) is 9.95. The van der Waals surface area contributed by atoms with E-state index in [-0.39, 0.29) is 11.3 Å². The number of aromatic nitrogens is 4. The molecule has 6 nitrogen and oxygen atoms in total. The molecule has 0 atom stereocenters. The number of nitriles is 1. The van der Waals surface area contributed by atoms with Crippen LogP contribution in [0.2, 0.25) is 0 Å². The Balaban J connectivity index is 1.82. The maximum Gasteiger partial charge on any atom is 0.263 e. The average Bonchev–Trinajstić information content (AvgIpc) is 3.16. The minimum Gasteiger partial charge on any atom is -0.283 e. The zero-order chi connectivity index (χ0) is 19.5. The minimum absolute atomic E-state index is 0.118. The van der Waals surface area contributed by atoms with Crippen LogP contribution < -0.4 is 5.56 Å². The van der Waals surface area contributed by atoms with Crippen LogP contribution in [0, 0.1) is 11.3 Å². The van der Waals surface area contributed by atoms with Gasteiger partial charge >= 0.3 is 0 Å². The Morgan fingerprint density at radius 3 is 2.71 bits per heavy atom. The molecule has 0 aliphatic heterocycles. The lowest BCUT2D eigenvalue weighted by atomic mass is 10.2. The second-order valence-corrected chi connectivity index (χ2v) is 7.78. The Morgan fingerprint density at radius 2 is 2.04 bits per heavy atom. The van der Waals surface area contributed by atoms with Crippen LogP contribution in [-0.2, 0) is 6.54 Å². The Morgan fingerprint density at radius 1 is 1.21 bits per heavy atom. The third-order valence-electron chi connectivity index (χ3n) is 3.94. The van der Waals surface area contributed by atoms with E-state index in [1.807, 2.05) is 42.5 Å². The molecule has 3 aromatic heterocycles. The zero-order valence-electron chi connectivity index (χ0n) is 14.6. The van der Waals surface area contributed by atoms with Crippen LogP contribution in [0.3, 0.4) is 0 Å². The van der Waals surface area contributed by atoms with Crippen molar-refractivity contribution in [2.75, 3.05) is 0 Å². The molecule has 3 heterocycles. The Labute approximate surface area is 168 Å². The van der Waals surface area contributed by atoms with Crippen molar-refractivity contribution in [3.63, 3.8) is 0 Å². The first kappa shape index (κ1) is 18.1. The van der Waals surface area contributed by atoms with Gasteiger partial charge in [0.05, 0.1) is 5.39 Å². The van der Waals surface area contributed by atoms with E-state index in [1.54, 1.807) is 22.8 Å². The first-order chi connectivity index (χ1) is 13.7. The highest BCUT2D eigenvalue weighted by Gasteiger charge is 2.16. The van der Waals surface area contributed by atoms with Crippen LogP contribution in [0.15, 0.2) is 76.2 Å². The van der Waals surface area contributed by atoms with Gasteiger partial charge in [-0.05, 0) is 35.5 Å². The number of hydrogen-bond donors (Lipinski definition) is 0. The van der Waals surface area contributed by atoms with Gasteiger partial charge in [0.2, 0.25) is 0 Å². The van der Waals surface area contributed by atoms with Crippen molar-refractivity contribution in [3.8, 4) is 16.5 Å². The molecule has 0 aliphatic carbocycles. The molecule has 4 aromatic rings. The largest absolute Gasteiger partial charge is 0.283 e. The Bertz CT molecular complexity index is 1250. The van der Waals surface area contributed by atoms with Crippen molar-refractivity contribution in [1.82, 2.24) is 19.7 Å². The Kier molecular flexibility index (Phi) is 5.02. The maximum atomic E-state index is 13.1. The highest BCUT2D eigenvalue weighted by molar-refractivity contribution is 7.99. The lowest BCUT2D eigenvalue weighted by molar-refractivity contribution is 0.671. The monoisotopic (exact) mass is 403 g/mol. The molecule has 1 aromatic carbocycles. The number of allylic oxidation sites excluding steroid dienone is 1. The summed E-state index contributed by atoms with van der Waals surface area (Å²) < 4.78 is 1.57. The fourth-order valence-corrected chi connectivity index (χ4v) is 4.53. The molecule has 0 aliphatic rings. The molecule has 0 radical (unpaired) electrons. The molecule has 136 valence electrons. The molecule has 0 saturated heterocycles. The smallest absolute Gasteiger partial charge is 0.263 e. The number of benzene rings is 1. The van der Waals surface area contributed by atoms with Gasteiger partial charge in [0, 0.05) is 11.4 Å². The summed E-state index contributed by atoms with van der Waals surface area (Å²) in [5.74, 6) is 0. The molecule has 0 unspecified atom stereocenters. The normalized spacial score (nSPS) is 10.7. The van der Waals surface area contributed by atoms with E-state index in [0.717, 1.165) is 10.4 Å². The lowest BCUT2D eigenvalue weighted by Gasteiger charge is -2.09. The number of hydrogen-bond acceptors (Lipinski definition) is 7. The van der Waals surface area contributed by atoms with Crippen molar-refractivity contribution in [2.24, 2.45) is 0 Å². The van der Waals surface area contributed by atoms with Gasteiger partial charge in [0.15, 0.2) is 10.9 Å². The lowest BCUT2D eigenvalue weighted by Crippen LogP contribution is -2.22. The maximum absolute atomic E-state index is 13.1. The van der Waals surface area contributed by atoms with E-state index in [1.165, 1.54) is 23.1 Å². The average molecular weight is 403 g/mol. The van der Waals surface area contributed by atoms with E-state index >= 15 is 0 Å². The number of nitrogens with zero attached hydrogens (tertiary/aromatic N) is 5. The molecule has 0 saturated carbocycles. The SMILES string of the molecule is C=CCn1c(Sc2ccc(C#N)nn2)nc2sc(-c3ccccc3)cc2c1=O. The molecule has 0 amide bonds. The fraction of sp³-hybridized carbons (Fsp3) is 0.0500. The molecule has 8 heteroatoms. The molecule has 0 N–H and O–H groups in total. The summed E-state index contributed by atoms with van der Waals surface area (Å²) in [6, 6.07) is 17.0. The molecule has 0 fully saturated rings. The fourth-order valence-electron chi connectivity index (χ4n) is 2.64. The third kappa shape index (κ3) is 3.45. The van der Waals surface area contributed by atoms with Gasteiger partial charge < -0.3 is 0 Å². The predicted octanol–water partition coefficient (Wildman–Crippen LogP) is 4.12. The standard InChI is InChI=1S/C20H13N5OS2/c1-2-10-25-19(26)15-11-16(13-6-4-3-5-7-13)27-18(15)22-20(25)28-17-9-8-14(12-21)23-24-17/h2-9,11H,1,10H2. The summed E-state index contributed by atoms with van der Waals surface area (Å²) in [5, 5.41) is 18.4. The quantitative estimate of drug-likeness (QED) is 0.368. The molecule has 0 spiro atoms. The van der Waals surface area contributed by atoms with Crippen molar-refractivity contribution < 1.29 is 0 Å². The topological polar surface area (TPSA) is 84.5 Å². The minimum atomic E-state index is -0.118. The summed E-state index contributed by atoms with van der Waals surface area (Å²) in [4.78, 5) is 19.4. The van der Waals surface area contributed by atoms with Crippen LogP contribution in [-0.4, -0.2) is 19.7 Å². The van der Waals surface area contributed by atoms with Crippen LogP contribution >= 0.6 is 23.1 Å². The van der Waals surface area contributed by atoms with Crippen LogP contribution in [0.4, 0.5) is 0 Å². The zero-order valence-corrected chi connectivity index (χ0v) is 16.2. The van der Waals surface area contributed by atoms with Gasteiger partial charge in [-0.2, -0.15) is 5.26 Å². The summed E-state index contributed by atoms with van der Waals surface area (Å²) in [6.07, 6.45) is 1.66. The predicted molar refractivity (Wildman–Crippen MR) is 110 cm³/mol. The van der Waals surface area contributed by atoms with Crippen LogP contribution in [0.5, 0.6) is 0 Å². The molecule has 4 rings (SSSR count). The molecular formula is C20H13N5OS2. The highest BCUT2D eigenvalue weighted by atomic mass is 32.2. The van der Waals surface area contributed by atoms with Crippen LogP contribution in [0.1, 0.15) is 5.69 Å². The highest BCUT2D eigenvalue weighted by Crippen LogP contribution is 2.33.